The number of hydrogen-bond acceptors (Lipinski definition) is 6. The standard InChI is InChI=1S/C14H25N3OS2/c1-4-6-15-11(5-2)10(3)14-16-13(17-18-14)12-9-19-7-8-20-12/h10-12,15H,4-9H2,1-3H3. The Kier molecular flexibility index (Phi) is 6.71. The first kappa shape index (κ1) is 16.2. The topological polar surface area (TPSA) is 51.0 Å². The van der Waals surface area contributed by atoms with Gasteiger partial charge in [0.2, 0.25) is 5.89 Å². The highest BCUT2D eigenvalue weighted by atomic mass is 32.2. The fourth-order valence-corrected chi connectivity index (χ4v) is 4.97. The molecule has 1 N–H and O–H groups in total. The Balaban J connectivity index is 1.98. The van der Waals surface area contributed by atoms with Crippen molar-refractivity contribution in [3.63, 3.8) is 0 Å². The molecule has 1 aromatic rings. The third-order valence-electron chi connectivity index (χ3n) is 3.65. The molecule has 0 amide bonds. The average molecular weight is 316 g/mol. The SMILES string of the molecule is CCCNC(CC)C(C)c1nc(C2CSCCS2)no1. The number of nitrogens with zero attached hydrogens (tertiary/aromatic N) is 2. The van der Waals surface area contributed by atoms with E-state index >= 15 is 0 Å². The van der Waals surface area contributed by atoms with Crippen LogP contribution in [-0.4, -0.2) is 40.0 Å². The second kappa shape index (κ2) is 8.29. The summed E-state index contributed by atoms with van der Waals surface area (Å²) in [4.78, 5) is 4.66. The van der Waals surface area contributed by atoms with E-state index in [1.54, 1.807) is 0 Å². The molecular formula is C14H25N3OS2. The van der Waals surface area contributed by atoms with E-state index in [2.05, 4.69) is 36.2 Å². The summed E-state index contributed by atoms with van der Waals surface area (Å²) < 4.78 is 5.52. The van der Waals surface area contributed by atoms with Crippen molar-refractivity contribution in [3.8, 4) is 0 Å². The molecule has 0 bridgehead atoms. The van der Waals surface area contributed by atoms with E-state index in [1.165, 1.54) is 11.5 Å². The Morgan fingerprint density at radius 1 is 1.40 bits per heavy atom. The number of hydrogen-bond donors (Lipinski definition) is 1. The smallest absolute Gasteiger partial charge is 0.231 e. The fraction of sp³-hybridized carbons (Fsp3) is 0.857. The van der Waals surface area contributed by atoms with Gasteiger partial charge in [-0.05, 0) is 19.4 Å². The van der Waals surface area contributed by atoms with Crippen LogP contribution in [0.4, 0.5) is 0 Å². The van der Waals surface area contributed by atoms with Crippen molar-refractivity contribution < 1.29 is 4.52 Å². The van der Waals surface area contributed by atoms with Gasteiger partial charge in [-0.1, -0.05) is 25.9 Å². The average Bonchev–Trinajstić information content (AvgIpc) is 2.98. The minimum atomic E-state index is 0.272. The van der Waals surface area contributed by atoms with E-state index in [1.807, 2.05) is 23.5 Å². The van der Waals surface area contributed by atoms with Gasteiger partial charge in [0.25, 0.3) is 0 Å². The van der Waals surface area contributed by atoms with E-state index < -0.39 is 0 Å². The van der Waals surface area contributed by atoms with Gasteiger partial charge in [0.05, 0.1) is 11.2 Å². The predicted molar refractivity (Wildman–Crippen MR) is 87.6 cm³/mol. The molecule has 1 saturated heterocycles. The summed E-state index contributed by atoms with van der Waals surface area (Å²) in [7, 11) is 0. The van der Waals surface area contributed by atoms with Crippen LogP contribution in [0.3, 0.4) is 0 Å². The number of thioether (sulfide) groups is 2. The molecule has 0 saturated carbocycles. The number of aromatic nitrogens is 2. The van der Waals surface area contributed by atoms with E-state index in [0.717, 1.165) is 36.9 Å². The van der Waals surface area contributed by atoms with Gasteiger partial charge in [-0.25, -0.2) is 0 Å². The van der Waals surface area contributed by atoms with Crippen molar-refractivity contribution >= 4 is 23.5 Å². The summed E-state index contributed by atoms with van der Waals surface area (Å²) in [5.74, 6) is 5.46. The molecule has 3 unspecified atom stereocenters. The van der Waals surface area contributed by atoms with Crippen LogP contribution in [0.5, 0.6) is 0 Å². The quantitative estimate of drug-likeness (QED) is 0.831. The fourth-order valence-electron chi connectivity index (χ4n) is 2.38. The molecule has 0 aliphatic carbocycles. The Morgan fingerprint density at radius 2 is 2.25 bits per heavy atom. The summed E-state index contributed by atoms with van der Waals surface area (Å²) in [6, 6.07) is 0.414. The van der Waals surface area contributed by atoms with Gasteiger partial charge in [-0.2, -0.15) is 16.7 Å². The highest BCUT2D eigenvalue weighted by molar-refractivity contribution is 8.06. The van der Waals surface area contributed by atoms with E-state index in [0.29, 0.717) is 11.3 Å². The molecule has 114 valence electrons. The van der Waals surface area contributed by atoms with Gasteiger partial charge in [0, 0.05) is 23.3 Å². The van der Waals surface area contributed by atoms with E-state index in [-0.39, 0.29) is 5.92 Å². The molecule has 6 heteroatoms. The zero-order valence-electron chi connectivity index (χ0n) is 12.6. The lowest BCUT2D eigenvalue weighted by Crippen LogP contribution is -2.33. The van der Waals surface area contributed by atoms with Crippen LogP contribution >= 0.6 is 23.5 Å². The van der Waals surface area contributed by atoms with Crippen LogP contribution in [0.2, 0.25) is 0 Å². The zero-order valence-corrected chi connectivity index (χ0v) is 14.2. The van der Waals surface area contributed by atoms with Crippen LogP contribution in [0.25, 0.3) is 0 Å². The molecule has 0 aromatic carbocycles. The van der Waals surface area contributed by atoms with Gasteiger partial charge < -0.3 is 9.84 Å². The Morgan fingerprint density at radius 3 is 2.90 bits per heavy atom. The lowest BCUT2D eigenvalue weighted by Gasteiger charge is -2.21. The maximum absolute atomic E-state index is 5.52. The van der Waals surface area contributed by atoms with Crippen molar-refractivity contribution in [2.45, 2.75) is 50.8 Å². The molecule has 0 radical (unpaired) electrons. The molecule has 2 rings (SSSR count). The molecule has 2 heterocycles. The molecule has 1 aliphatic heterocycles. The third-order valence-corrected chi connectivity index (χ3v) is 6.40. The van der Waals surface area contributed by atoms with Crippen LogP contribution in [0.15, 0.2) is 4.52 Å². The van der Waals surface area contributed by atoms with E-state index in [9.17, 15) is 0 Å². The molecule has 1 aromatic heterocycles. The maximum Gasteiger partial charge on any atom is 0.231 e. The van der Waals surface area contributed by atoms with Crippen LogP contribution in [0, 0.1) is 0 Å². The van der Waals surface area contributed by atoms with Crippen molar-refractivity contribution in [1.29, 1.82) is 0 Å². The van der Waals surface area contributed by atoms with Gasteiger partial charge in [0.15, 0.2) is 5.82 Å². The minimum absolute atomic E-state index is 0.272. The van der Waals surface area contributed by atoms with Crippen molar-refractivity contribution in [2.24, 2.45) is 0 Å². The van der Waals surface area contributed by atoms with Gasteiger partial charge in [-0.15, -0.1) is 11.8 Å². The zero-order chi connectivity index (χ0) is 14.4. The summed E-state index contributed by atoms with van der Waals surface area (Å²) in [6.07, 6.45) is 2.22. The number of rotatable bonds is 7. The van der Waals surface area contributed by atoms with Crippen molar-refractivity contribution in [1.82, 2.24) is 15.5 Å². The third kappa shape index (κ3) is 4.15. The van der Waals surface area contributed by atoms with Gasteiger partial charge in [0.1, 0.15) is 0 Å². The first-order valence-electron chi connectivity index (χ1n) is 7.52. The van der Waals surface area contributed by atoms with Crippen LogP contribution < -0.4 is 5.32 Å². The second-order valence-corrected chi connectivity index (χ2v) is 7.64. The van der Waals surface area contributed by atoms with E-state index in [4.69, 9.17) is 4.52 Å². The van der Waals surface area contributed by atoms with Crippen molar-refractivity contribution in [3.05, 3.63) is 11.7 Å². The summed E-state index contributed by atoms with van der Waals surface area (Å²) in [5, 5.41) is 8.18. The highest BCUT2D eigenvalue weighted by Gasteiger charge is 2.26. The molecule has 0 spiro atoms. The second-order valence-electron chi connectivity index (χ2n) is 5.18. The molecule has 1 fully saturated rings. The normalized spacial score (nSPS) is 22.6. The van der Waals surface area contributed by atoms with Gasteiger partial charge in [-0.3, -0.25) is 0 Å². The maximum atomic E-state index is 5.52. The first-order valence-corrected chi connectivity index (χ1v) is 9.72. The lowest BCUT2D eigenvalue weighted by atomic mass is 9.99. The monoisotopic (exact) mass is 315 g/mol. The number of nitrogens with one attached hydrogen (secondary N) is 1. The minimum Gasteiger partial charge on any atom is -0.339 e. The first-order chi connectivity index (χ1) is 9.76. The molecule has 1 aliphatic rings. The predicted octanol–water partition coefficient (Wildman–Crippen LogP) is 3.47. The molecular weight excluding hydrogens is 290 g/mol. The van der Waals surface area contributed by atoms with Crippen LogP contribution in [0.1, 0.15) is 56.5 Å². The van der Waals surface area contributed by atoms with Crippen LogP contribution in [-0.2, 0) is 0 Å². The van der Waals surface area contributed by atoms with Gasteiger partial charge >= 0.3 is 0 Å². The summed E-state index contributed by atoms with van der Waals surface area (Å²) in [6.45, 7) is 7.61. The molecule has 20 heavy (non-hydrogen) atoms. The summed E-state index contributed by atoms with van der Waals surface area (Å²) in [5.41, 5.74) is 0. The Hall–Kier alpha value is -0.200. The Bertz CT molecular complexity index is 394. The highest BCUT2D eigenvalue weighted by Crippen LogP contribution is 2.35. The van der Waals surface area contributed by atoms with Crippen molar-refractivity contribution in [2.75, 3.05) is 23.8 Å². The Labute approximate surface area is 130 Å². The molecule has 4 nitrogen and oxygen atoms in total. The molecule has 3 atom stereocenters. The summed E-state index contributed by atoms with van der Waals surface area (Å²) >= 11 is 3.93. The lowest BCUT2D eigenvalue weighted by molar-refractivity contribution is 0.317. The largest absolute Gasteiger partial charge is 0.339 e.